The molecule has 0 bridgehead atoms. The Morgan fingerprint density at radius 3 is 2.53 bits per heavy atom. The molecule has 1 atom stereocenters. The average Bonchev–Trinajstić information content (AvgIpc) is 2.66. The van der Waals surface area contributed by atoms with Crippen LogP contribution in [0.15, 0.2) is 24.3 Å². The van der Waals surface area contributed by atoms with E-state index in [0.29, 0.717) is 23.9 Å². The summed E-state index contributed by atoms with van der Waals surface area (Å²) in [7, 11) is 0. The van der Waals surface area contributed by atoms with Gasteiger partial charge in [-0.3, -0.25) is 0 Å². The van der Waals surface area contributed by atoms with E-state index in [0.717, 1.165) is 13.1 Å². The highest BCUT2D eigenvalue weighted by atomic mass is 35.5. The van der Waals surface area contributed by atoms with Crippen LogP contribution in [0.25, 0.3) is 0 Å². The van der Waals surface area contributed by atoms with Gasteiger partial charge in [0.25, 0.3) is 0 Å². The first-order chi connectivity index (χ1) is 9.25. The second-order valence-electron chi connectivity index (χ2n) is 5.11. The number of β-amino-alcohol motifs (C(OH)–C–C–N with tert-alkyl or cyclic N) is 1. The maximum absolute atomic E-state index is 10.0. The van der Waals surface area contributed by atoms with Crippen molar-refractivity contribution >= 4 is 11.6 Å². The molecule has 1 aromatic carbocycles. The second-order valence-corrected chi connectivity index (χ2v) is 5.52. The van der Waals surface area contributed by atoms with Crippen molar-refractivity contribution in [1.29, 1.82) is 0 Å². The van der Waals surface area contributed by atoms with E-state index in [2.05, 4.69) is 4.90 Å². The Bertz CT molecular complexity index is 378. The van der Waals surface area contributed by atoms with E-state index >= 15 is 0 Å². The largest absolute Gasteiger partial charge is 0.489 e. The summed E-state index contributed by atoms with van der Waals surface area (Å²) in [5.41, 5.74) is 0. The van der Waals surface area contributed by atoms with Gasteiger partial charge in [-0.05, 0) is 38.1 Å². The molecule has 0 unspecified atom stereocenters. The number of benzene rings is 1. The normalized spacial score (nSPS) is 18.8. The van der Waals surface area contributed by atoms with Gasteiger partial charge in [-0.25, -0.2) is 0 Å². The van der Waals surface area contributed by atoms with Crippen LogP contribution in [0, 0.1) is 0 Å². The molecule has 4 heteroatoms. The molecule has 1 heterocycles. The van der Waals surface area contributed by atoms with Crippen molar-refractivity contribution in [2.45, 2.75) is 31.8 Å². The lowest BCUT2D eigenvalue weighted by Crippen LogP contribution is -2.36. The molecule has 1 N–H and O–H groups in total. The van der Waals surface area contributed by atoms with E-state index < -0.39 is 6.10 Å². The van der Waals surface area contributed by atoms with Gasteiger partial charge in [0, 0.05) is 6.54 Å². The van der Waals surface area contributed by atoms with E-state index in [1.807, 2.05) is 18.2 Å². The zero-order valence-electron chi connectivity index (χ0n) is 11.2. The molecule has 106 valence electrons. The highest BCUT2D eigenvalue weighted by Gasteiger charge is 2.14. The molecule has 1 aliphatic heterocycles. The van der Waals surface area contributed by atoms with E-state index in [1.165, 1.54) is 25.7 Å². The molecule has 2 rings (SSSR count). The fraction of sp³-hybridized carbons (Fsp3) is 0.600. The monoisotopic (exact) mass is 283 g/mol. The Morgan fingerprint density at radius 2 is 1.84 bits per heavy atom. The molecule has 0 saturated carbocycles. The topological polar surface area (TPSA) is 32.7 Å². The molecule has 1 saturated heterocycles. The van der Waals surface area contributed by atoms with E-state index in [-0.39, 0.29) is 0 Å². The van der Waals surface area contributed by atoms with E-state index in [1.54, 1.807) is 6.07 Å². The number of hydrogen-bond acceptors (Lipinski definition) is 3. The van der Waals surface area contributed by atoms with Crippen LogP contribution in [0.5, 0.6) is 5.75 Å². The fourth-order valence-corrected chi connectivity index (χ4v) is 2.61. The van der Waals surface area contributed by atoms with Gasteiger partial charge >= 0.3 is 0 Å². The van der Waals surface area contributed by atoms with Crippen LogP contribution < -0.4 is 4.74 Å². The second kappa shape index (κ2) is 7.73. The van der Waals surface area contributed by atoms with Crippen LogP contribution in [0.3, 0.4) is 0 Å². The minimum Gasteiger partial charge on any atom is -0.489 e. The molecule has 0 aromatic heterocycles. The maximum Gasteiger partial charge on any atom is 0.138 e. The smallest absolute Gasteiger partial charge is 0.138 e. The first-order valence-electron chi connectivity index (χ1n) is 7.03. The number of likely N-dealkylation sites (tertiary alicyclic amines) is 1. The van der Waals surface area contributed by atoms with Gasteiger partial charge in [0.2, 0.25) is 0 Å². The molecule has 0 spiro atoms. The fourth-order valence-electron chi connectivity index (χ4n) is 2.42. The Kier molecular flexibility index (Phi) is 5.95. The van der Waals surface area contributed by atoms with Crippen LogP contribution in [-0.4, -0.2) is 42.4 Å². The molecule has 0 radical (unpaired) electrons. The summed E-state index contributed by atoms with van der Waals surface area (Å²) in [4.78, 5) is 2.33. The van der Waals surface area contributed by atoms with Crippen LogP contribution >= 0.6 is 11.6 Å². The molecule has 19 heavy (non-hydrogen) atoms. The summed E-state index contributed by atoms with van der Waals surface area (Å²) in [6.45, 7) is 3.15. The molecular formula is C15H22ClNO2. The summed E-state index contributed by atoms with van der Waals surface area (Å²) >= 11 is 6.00. The minimum absolute atomic E-state index is 0.292. The molecule has 0 amide bonds. The van der Waals surface area contributed by atoms with Gasteiger partial charge in [-0.2, -0.15) is 0 Å². The third kappa shape index (κ3) is 5.01. The molecule has 0 aliphatic carbocycles. The van der Waals surface area contributed by atoms with Gasteiger partial charge < -0.3 is 14.7 Å². The third-order valence-corrected chi connectivity index (χ3v) is 3.75. The Morgan fingerprint density at radius 1 is 1.16 bits per heavy atom. The maximum atomic E-state index is 10.0. The van der Waals surface area contributed by atoms with Crippen molar-refractivity contribution in [1.82, 2.24) is 4.90 Å². The van der Waals surface area contributed by atoms with Gasteiger partial charge in [-0.1, -0.05) is 36.6 Å². The molecule has 3 nitrogen and oxygen atoms in total. The summed E-state index contributed by atoms with van der Waals surface area (Å²) in [5, 5.41) is 10.6. The minimum atomic E-state index is -0.464. The van der Waals surface area contributed by atoms with E-state index in [9.17, 15) is 5.11 Å². The molecule has 1 fully saturated rings. The number of ether oxygens (including phenoxy) is 1. The van der Waals surface area contributed by atoms with Crippen LogP contribution in [-0.2, 0) is 0 Å². The molecule has 1 aromatic rings. The first-order valence-corrected chi connectivity index (χ1v) is 7.41. The number of aliphatic hydroxyl groups is 1. The van der Waals surface area contributed by atoms with Crippen molar-refractivity contribution in [2.24, 2.45) is 0 Å². The van der Waals surface area contributed by atoms with Gasteiger partial charge in [-0.15, -0.1) is 0 Å². The van der Waals surface area contributed by atoms with Crippen LogP contribution in [0.4, 0.5) is 0 Å². The van der Waals surface area contributed by atoms with Gasteiger partial charge in [0.15, 0.2) is 0 Å². The quantitative estimate of drug-likeness (QED) is 0.902. The zero-order chi connectivity index (χ0) is 13.5. The number of rotatable bonds is 5. The van der Waals surface area contributed by atoms with Crippen molar-refractivity contribution < 1.29 is 9.84 Å². The number of para-hydroxylation sites is 1. The van der Waals surface area contributed by atoms with Crippen molar-refractivity contribution in [3.8, 4) is 5.75 Å². The summed E-state index contributed by atoms with van der Waals surface area (Å²) in [6, 6.07) is 7.35. The number of aliphatic hydroxyl groups excluding tert-OH is 1. The average molecular weight is 284 g/mol. The molecular weight excluding hydrogens is 262 g/mol. The molecule has 1 aliphatic rings. The van der Waals surface area contributed by atoms with Gasteiger partial charge in [0.1, 0.15) is 18.5 Å². The predicted octanol–water partition coefficient (Wildman–Crippen LogP) is 2.96. The SMILES string of the molecule is O[C@H](COc1ccccc1Cl)CN1CCCCCC1. The number of halogens is 1. The van der Waals surface area contributed by atoms with Crippen molar-refractivity contribution in [2.75, 3.05) is 26.2 Å². The van der Waals surface area contributed by atoms with Gasteiger partial charge in [0.05, 0.1) is 5.02 Å². The Balaban J connectivity index is 1.74. The summed E-state index contributed by atoms with van der Waals surface area (Å²) in [5.74, 6) is 0.638. The van der Waals surface area contributed by atoms with Crippen molar-refractivity contribution in [3.05, 3.63) is 29.3 Å². The Hall–Kier alpha value is -0.770. The number of nitrogens with zero attached hydrogens (tertiary/aromatic N) is 1. The first kappa shape index (κ1) is 14.6. The van der Waals surface area contributed by atoms with E-state index in [4.69, 9.17) is 16.3 Å². The lowest BCUT2D eigenvalue weighted by molar-refractivity contribution is 0.0694. The van der Waals surface area contributed by atoms with Crippen LogP contribution in [0.2, 0.25) is 5.02 Å². The lowest BCUT2D eigenvalue weighted by Gasteiger charge is -2.23. The lowest BCUT2D eigenvalue weighted by atomic mass is 10.2. The third-order valence-electron chi connectivity index (χ3n) is 3.44. The summed E-state index contributed by atoms with van der Waals surface area (Å²) in [6.07, 6.45) is 4.62. The zero-order valence-corrected chi connectivity index (χ0v) is 12.0. The standard InChI is InChI=1S/C15H22ClNO2/c16-14-7-3-4-8-15(14)19-12-13(18)11-17-9-5-1-2-6-10-17/h3-4,7-8,13,18H,1-2,5-6,9-12H2/t13-/m0/s1. The highest BCUT2D eigenvalue weighted by molar-refractivity contribution is 6.32. The highest BCUT2D eigenvalue weighted by Crippen LogP contribution is 2.23. The van der Waals surface area contributed by atoms with Crippen LogP contribution in [0.1, 0.15) is 25.7 Å². The predicted molar refractivity (Wildman–Crippen MR) is 77.9 cm³/mol. The summed E-state index contributed by atoms with van der Waals surface area (Å²) < 4.78 is 5.56. The van der Waals surface area contributed by atoms with Crippen molar-refractivity contribution in [3.63, 3.8) is 0 Å². The number of hydrogen-bond donors (Lipinski definition) is 1. The Labute approximate surface area is 120 Å².